The highest BCUT2D eigenvalue weighted by Gasteiger charge is 2.36. The molecule has 0 bridgehead atoms. The van der Waals surface area contributed by atoms with E-state index in [1.807, 2.05) is 35.2 Å². The molecule has 3 aromatic rings. The Hall–Kier alpha value is -3.41. The standard InChI is InChI=1S/C25H28N4O2/c1-3-4-12-22-17-28(21-13-8-11-20(16-21)19-9-6-5-7-10-19)24(30)18-29(22)25(31)23-14-15-26-27(23)2/h5-11,13-16,22H,3-4,12,17-18H2,1-2H3. The molecule has 0 radical (unpaired) electrons. The summed E-state index contributed by atoms with van der Waals surface area (Å²) >= 11 is 0. The maximum atomic E-state index is 13.2. The first-order valence-corrected chi connectivity index (χ1v) is 10.8. The quantitative estimate of drug-likeness (QED) is 0.607. The van der Waals surface area contributed by atoms with Crippen LogP contribution in [-0.4, -0.2) is 45.6 Å². The summed E-state index contributed by atoms with van der Waals surface area (Å²) in [6.45, 7) is 2.72. The molecule has 2 amide bonds. The maximum Gasteiger partial charge on any atom is 0.272 e. The second kappa shape index (κ2) is 9.16. The molecule has 1 unspecified atom stereocenters. The number of rotatable bonds is 6. The summed E-state index contributed by atoms with van der Waals surface area (Å²) in [5, 5.41) is 4.11. The average molecular weight is 417 g/mol. The van der Waals surface area contributed by atoms with Gasteiger partial charge in [-0.05, 0) is 35.7 Å². The lowest BCUT2D eigenvalue weighted by Crippen LogP contribution is -2.58. The molecular formula is C25H28N4O2. The van der Waals surface area contributed by atoms with Gasteiger partial charge in [-0.3, -0.25) is 14.3 Å². The van der Waals surface area contributed by atoms with Crippen molar-refractivity contribution < 1.29 is 9.59 Å². The Kier molecular flexibility index (Phi) is 6.16. The lowest BCUT2D eigenvalue weighted by atomic mass is 10.0. The monoisotopic (exact) mass is 416 g/mol. The van der Waals surface area contributed by atoms with E-state index in [-0.39, 0.29) is 24.4 Å². The first-order valence-electron chi connectivity index (χ1n) is 10.8. The first kappa shape index (κ1) is 20.8. The number of carbonyl (C=O) groups is 2. The predicted molar refractivity (Wildman–Crippen MR) is 122 cm³/mol. The minimum atomic E-state index is -0.132. The van der Waals surface area contributed by atoms with Crippen LogP contribution in [0.1, 0.15) is 36.7 Å². The number of unbranched alkanes of at least 4 members (excludes halogenated alkanes) is 1. The summed E-state index contributed by atoms with van der Waals surface area (Å²) in [4.78, 5) is 29.9. The van der Waals surface area contributed by atoms with Crippen LogP contribution in [0.2, 0.25) is 0 Å². The Labute approximate surface area is 183 Å². The molecule has 1 aliphatic rings. The fourth-order valence-electron chi connectivity index (χ4n) is 4.16. The van der Waals surface area contributed by atoms with Gasteiger partial charge >= 0.3 is 0 Å². The molecule has 6 nitrogen and oxygen atoms in total. The Balaban J connectivity index is 1.61. The van der Waals surface area contributed by atoms with Gasteiger partial charge in [-0.2, -0.15) is 5.10 Å². The molecule has 31 heavy (non-hydrogen) atoms. The maximum absolute atomic E-state index is 13.2. The average Bonchev–Trinajstić information content (AvgIpc) is 3.24. The van der Waals surface area contributed by atoms with Gasteiger partial charge in [0.25, 0.3) is 5.91 Å². The van der Waals surface area contributed by atoms with Gasteiger partial charge in [-0.25, -0.2) is 0 Å². The highest BCUT2D eigenvalue weighted by Crippen LogP contribution is 2.28. The van der Waals surface area contributed by atoms with Gasteiger partial charge in [0.15, 0.2) is 0 Å². The van der Waals surface area contributed by atoms with E-state index >= 15 is 0 Å². The summed E-state index contributed by atoms with van der Waals surface area (Å²) in [5.74, 6) is -0.194. The zero-order chi connectivity index (χ0) is 21.8. The minimum Gasteiger partial charge on any atom is -0.323 e. The van der Waals surface area contributed by atoms with Gasteiger partial charge in [-0.15, -0.1) is 0 Å². The van der Waals surface area contributed by atoms with Crippen molar-refractivity contribution in [1.29, 1.82) is 0 Å². The predicted octanol–water partition coefficient (Wildman–Crippen LogP) is 4.13. The number of hydrogen-bond donors (Lipinski definition) is 0. The molecule has 1 aliphatic heterocycles. The van der Waals surface area contributed by atoms with E-state index in [4.69, 9.17) is 0 Å². The summed E-state index contributed by atoms with van der Waals surface area (Å²) in [6.07, 6.45) is 4.53. The van der Waals surface area contributed by atoms with Crippen molar-refractivity contribution in [3.8, 4) is 11.1 Å². The zero-order valence-corrected chi connectivity index (χ0v) is 18.1. The molecule has 1 aromatic heterocycles. The summed E-state index contributed by atoms with van der Waals surface area (Å²) in [7, 11) is 1.75. The third-order valence-electron chi connectivity index (χ3n) is 5.90. The van der Waals surface area contributed by atoms with Crippen LogP contribution >= 0.6 is 0 Å². The molecule has 1 saturated heterocycles. The van der Waals surface area contributed by atoms with Crippen molar-refractivity contribution in [3.05, 3.63) is 72.6 Å². The van der Waals surface area contributed by atoms with E-state index in [0.717, 1.165) is 36.1 Å². The van der Waals surface area contributed by atoms with E-state index in [9.17, 15) is 9.59 Å². The van der Waals surface area contributed by atoms with Crippen molar-refractivity contribution in [2.24, 2.45) is 7.05 Å². The van der Waals surface area contributed by atoms with Crippen molar-refractivity contribution in [1.82, 2.24) is 14.7 Å². The summed E-state index contributed by atoms with van der Waals surface area (Å²) in [5.41, 5.74) is 3.57. The molecule has 4 rings (SSSR count). The van der Waals surface area contributed by atoms with Gasteiger partial charge in [0.1, 0.15) is 12.2 Å². The lowest BCUT2D eigenvalue weighted by molar-refractivity contribution is -0.121. The van der Waals surface area contributed by atoms with Crippen LogP contribution in [0, 0.1) is 0 Å². The summed E-state index contributed by atoms with van der Waals surface area (Å²) in [6, 6.07) is 19.9. The minimum absolute atomic E-state index is 0.0274. The Bertz CT molecular complexity index is 1060. The number of aryl methyl sites for hydroxylation is 1. The molecular weight excluding hydrogens is 388 g/mol. The Morgan fingerprint density at radius 3 is 2.55 bits per heavy atom. The SMILES string of the molecule is CCCCC1CN(c2cccc(-c3ccccc3)c2)C(=O)CN1C(=O)c1ccnn1C. The van der Waals surface area contributed by atoms with Crippen molar-refractivity contribution in [2.45, 2.75) is 32.2 Å². The molecule has 0 aliphatic carbocycles. The van der Waals surface area contributed by atoms with Crippen LogP contribution in [0.25, 0.3) is 11.1 Å². The number of piperazine rings is 1. The summed E-state index contributed by atoms with van der Waals surface area (Å²) < 4.78 is 1.57. The fraction of sp³-hybridized carbons (Fsp3) is 0.320. The van der Waals surface area contributed by atoms with Crippen LogP contribution in [0.4, 0.5) is 5.69 Å². The fourth-order valence-corrected chi connectivity index (χ4v) is 4.16. The lowest BCUT2D eigenvalue weighted by Gasteiger charge is -2.41. The highest BCUT2D eigenvalue weighted by atomic mass is 16.2. The van der Waals surface area contributed by atoms with E-state index in [0.29, 0.717) is 12.2 Å². The molecule has 0 N–H and O–H groups in total. The number of carbonyl (C=O) groups excluding carboxylic acids is 2. The van der Waals surface area contributed by atoms with Crippen LogP contribution in [0.3, 0.4) is 0 Å². The number of amides is 2. The van der Waals surface area contributed by atoms with E-state index in [1.165, 1.54) is 0 Å². The zero-order valence-electron chi connectivity index (χ0n) is 18.1. The van der Waals surface area contributed by atoms with E-state index in [2.05, 4.69) is 36.3 Å². The molecule has 2 heterocycles. The number of benzene rings is 2. The molecule has 1 atom stereocenters. The molecule has 0 saturated carbocycles. The molecule has 6 heteroatoms. The number of hydrogen-bond acceptors (Lipinski definition) is 3. The normalized spacial score (nSPS) is 16.6. The van der Waals surface area contributed by atoms with Gasteiger partial charge in [0.05, 0.1) is 6.04 Å². The Morgan fingerprint density at radius 1 is 1.06 bits per heavy atom. The van der Waals surface area contributed by atoms with Crippen LogP contribution in [-0.2, 0) is 11.8 Å². The van der Waals surface area contributed by atoms with E-state index in [1.54, 1.807) is 28.9 Å². The Morgan fingerprint density at radius 2 is 1.84 bits per heavy atom. The second-order valence-electron chi connectivity index (χ2n) is 7.99. The molecule has 1 fully saturated rings. The van der Waals surface area contributed by atoms with Crippen molar-refractivity contribution >= 4 is 17.5 Å². The number of anilines is 1. The van der Waals surface area contributed by atoms with Gasteiger partial charge in [0, 0.05) is 25.5 Å². The van der Waals surface area contributed by atoms with Crippen molar-refractivity contribution in [2.75, 3.05) is 18.0 Å². The van der Waals surface area contributed by atoms with E-state index < -0.39 is 0 Å². The molecule has 0 spiro atoms. The smallest absolute Gasteiger partial charge is 0.272 e. The van der Waals surface area contributed by atoms with Crippen LogP contribution in [0.5, 0.6) is 0 Å². The molecule has 2 aromatic carbocycles. The van der Waals surface area contributed by atoms with Crippen molar-refractivity contribution in [3.63, 3.8) is 0 Å². The van der Waals surface area contributed by atoms with Crippen LogP contribution in [0.15, 0.2) is 66.9 Å². The number of nitrogens with zero attached hydrogens (tertiary/aromatic N) is 4. The van der Waals surface area contributed by atoms with Crippen LogP contribution < -0.4 is 4.90 Å². The van der Waals surface area contributed by atoms with Gasteiger partial charge < -0.3 is 9.80 Å². The topological polar surface area (TPSA) is 58.4 Å². The number of aromatic nitrogens is 2. The third kappa shape index (κ3) is 4.38. The second-order valence-corrected chi connectivity index (χ2v) is 7.99. The highest BCUT2D eigenvalue weighted by molar-refractivity contribution is 6.01. The third-order valence-corrected chi connectivity index (χ3v) is 5.90. The first-order chi connectivity index (χ1) is 15.1. The largest absolute Gasteiger partial charge is 0.323 e. The van der Waals surface area contributed by atoms with Gasteiger partial charge in [0.2, 0.25) is 5.91 Å². The van der Waals surface area contributed by atoms with Gasteiger partial charge in [-0.1, -0.05) is 62.2 Å². The molecule has 160 valence electrons.